The molecule has 0 aromatic carbocycles. The molecule has 0 aromatic rings. The molecule has 0 amide bonds. The third-order valence-electron chi connectivity index (χ3n) is 1.78. The second kappa shape index (κ2) is 4.74. The molecule has 0 bridgehead atoms. The zero-order valence-electron chi connectivity index (χ0n) is 8.07. The molecule has 0 fully saturated rings. The molecule has 0 aliphatic heterocycles. The minimum atomic E-state index is -0.991. The van der Waals surface area contributed by atoms with Crippen molar-refractivity contribution in [3.63, 3.8) is 0 Å². The Bertz CT molecular complexity index is 285. The molecule has 14 heavy (non-hydrogen) atoms. The summed E-state index contributed by atoms with van der Waals surface area (Å²) >= 11 is 0. The predicted molar refractivity (Wildman–Crippen MR) is 54.2 cm³/mol. The molecular formula is C10H14N2O2. The van der Waals surface area contributed by atoms with E-state index in [0.29, 0.717) is 6.61 Å². The second-order valence-electron chi connectivity index (χ2n) is 2.86. The minimum Gasteiger partial charge on any atom is -0.464 e. The van der Waals surface area contributed by atoms with Crippen LogP contribution in [0, 0.1) is 0 Å². The molecule has 2 aliphatic rings. The fraction of sp³-hybridized carbons (Fsp3) is 0.300. The van der Waals surface area contributed by atoms with Crippen LogP contribution in [0.2, 0.25) is 0 Å². The van der Waals surface area contributed by atoms with E-state index in [1.165, 1.54) is 11.1 Å². The van der Waals surface area contributed by atoms with E-state index in [9.17, 15) is 4.79 Å². The Morgan fingerprint density at radius 2 is 1.71 bits per heavy atom. The van der Waals surface area contributed by atoms with Gasteiger partial charge < -0.3 is 16.2 Å². The van der Waals surface area contributed by atoms with Gasteiger partial charge in [-0.3, -0.25) is 0 Å². The lowest BCUT2D eigenvalue weighted by molar-refractivity contribution is -0.144. The zero-order chi connectivity index (χ0) is 10.6. The summed E-state index contributed by atoms with van der Waals surface area (Å²) in [6, 6.07) is 8.48. The normalized spacial score (nSPS) is 10.3. The average Bonchev–Trinajstić information content (AvgIpc) is 2.12. The van der Waals surface area contributed by atoms with Crippen LogP contribution in [-0.4, -0.2) is 18.7 Å². The standard InChI is InChI=1S/C6H4.C4H10N2O2/c1-2-6-4-3-5(1)6;1-2-8-4(7)3(5)6/h1-4H;3H,2,5-6H2,1H3. The highest BCUT2D eigenvalue weighted by Crippen LogP contribution is 2.29. The van der Waals surface area contributed by atoms with Crippen LogP contribution in [0.3, 0.4) is 0 Å². The molecule has 0 saturated carbocycles. The van der Waals surface area contributed by atoms with E-state index < -0.39 is 12.1 Å². The molecule has 2 rings (SSSR count). The summed E-state index contributed by atoms with van der Waals surface area (Å²) in [4.78, 5) is 10.3. The third-order valence-corrected chi connectivity index (χ3v) is 1.78. The first-order valence-corrected chi connectivity index (χ1v) is 4.43. The van der Waals surface area contributed by atoms with E-state index in [1.54, 1.807) is 6.92 Å². The van der Waals surface area contributed by atoms with Gasteiger partial charge in [0.2, 0.25) is 0 Å². The first-order valence-electron chi connectivity index (χ1n) is 4.43. The Morgan fingerprint density at radius 1 is 1.29 bits per heavy atom. The van der Waals surface area contributed by atoms with Crippen molar-refractivity contribution in [2.24, 2.45) is 11.5 Å². The number of esters is 1. The average molecular weight is 194 g/mol. The van der Waals surface area contributed by atoms with Crippen LogP contribution in [0.5, 0.6) is 0 Å². The van der Waals surface area contributed by atoms with Crippen LogP contribution in [-0.2, 0) is 9.53 Å². The van der Waals surface area contributed by atoms with Gasteiger partial charge in [-0.25, -0.2) is 4.79 Å². The lowest BCUT2D eigenvalue weighted by atomic mass is 9.95. The van der Waals surface area contributed by atoms with Gasteiger partial charge in [0.05, 0.1) is 6.61 Å². The number of carbonyl (C=O) groups excluding carboxylic acids is 1. The fourth-order valence-corrected chi connectivity index (χ4v) is 0.901. The number of carbonyl (C=O) groups is 1. The first-order chi connectivity index (χ1) is 6.65. The number of nitrogens with two attached hydrogens (primary N) is 2. The minimum absolute atomic E-state index is 0.323. The van der Waals surface area contributed by atoms with Crippen LogP contribution < -0.4 is 11.5 Å². The molecule has 76 valence electrons. The molecule has 0 atom stereocenters. The van der Waals surface area contributed by atoms with E-state index in [0.717, 1.165) is 0 Å². The van der Waals surface area contributed by atoms with E-state index in [4.69, 9.17) is 11.5 Å². The second-order valence-corrected chi connectivity index (χ2v) is 2.86. The topological polar surface area (TPSA) is 78.3 Å². The van der Waals surface area contributed by atoms with Crippen LogP contribution in [0.4, 0.5) is 0 Å². The number of hydrogen-bond donors (Lipinski definition) is 2. The molecular weight excluding hydrogens is 180 g/mol. The monoisotopic (exact) mass is 194 g/mol. The maximum absolute atomic E-state index is 10.3. The highest BCUT2D eigenvalue weighted by Gasteiger charge is 2.06. The third kappa shape index (κ3) is 2.55. The molecule has 0 unspecified atom stereocenters. The Hall–Kier alpha value is -1.39. The maximum atomic E-state index is 10.3. The predicted octanol–water partition coefficient (Wildman–Crippen LogP) is 0.460. The summed E-state index contributed by atoms with van der Waals surface area (Å²) in [5.41, 5.74) is 12.7. The van der Waals surface area contributed by atoms with Gasteiger partial charge >= 0.3 is 5.97 Å². The SMILES string of the molecule is CCOC(=O)C(N)N.c1cc2ccc1-2. The van der Waals surface area contributed by atoms with Crippen LogP contribution in [0.1, 0.15) is 6.92 Å². The number of rotatable bonds is 2. The van der Waals surface area contributed by atoms with Gasteiger partial charge in [0.1, 0.15) is 0 Å². The van der Waals surface area contributed by atoms with Crippen molar-refractivity contribution in [1.82, 2.24) is 0 Å². The van der Waals surface area contributed by atoms with Crippen molar-refractivity contribution in [2.75, 3.05) is 6.61 Å². The molecule has 0 saturated heterocycles. The molecule has 0 heterocycles. The van der Waals surface area contributed by atoms with Crippen molar-refractivity contribution in [3.8, 4) is 11.1 Å². The van der Waals surface area contributed by atoms with Gasteiger partial charge in [-0.1, -0.05) is 24.3 Å². The summed E-state index contributed by atoms with van der Waals surface area (Å²) in [6.07, 6.45) is -0.991. The van der Waals surface area contributed by atoms with E-state index >= 15 is 0 Å². The van der Waals surface area contributed by atoms with Crippen molar-refractivity contribution in [2.45, 2.75) is 13.1 Å². The van der Waals surface area contributed by atoms with Crippen molar-refractivity contribution >= 4 is 5.97 Å². The zero-order valence-corrected chi connectivity index (χ0v) is 8.07. The van der Waals surface area contributed by atoms with Crippen molar-refractivity contribution in [1.29, 1.82) is 0 Å². The quantitative estimate of drug-likeness (QED) is 0.537. The summed E-state index contributed by atoms with van der Waals surface area (Å²) in [5.74, 6) is -0.562. The van der Waals surface area contributed by atoms with Crippen LogP contribution >= 0.6 is 0 Å². The summed E-state index contributed by atoms with van der Waals surface area (Å²) in [5, 5.41) is 0. The molecule has 2 aliphatic carbocycles. The Balaban J connectivity index is 0.000000143. The number of fused-ring (bicyclic) bond motifs is 1. The van der Waals surface area contributed by atoms with Gasteiger partial charge in [0, 0.05) is 0 Å². The summed E-state index contributed by atoms with van der Waals surface area (Å²) in [7, 11) is 0. The van der Waals surface area contributed by atoms with Crippen LogP contribution in [0.25, 0.3) is 11.1 Å². The number of benzene rings is 1. The van der Waals surface area contributed by atoms with Gasteiger partial charge in [0.15, 0.2) is 6.17 Å². The van der Waals surface area contributed by atoms with E-state index in [1.807, 2.05) is 0 Å². The van der Waals surface area contributed by atoms with E-state index in [-0.39, 0.29) is 0 Å². The van der Waals surface area contributed by atoms with Gasteiger partial charge in [-0.15, -0.1) is 0 Å². The maximum Gasteiger partial charge on any atom is 0.337 e. The largest absolute Gasteiger partial charge is 0.464 e. The molecule has 0 spiro atoms. The molecule has 4 N–H and O–H groups in total. The fourth-order valence-electron chi connectivity index (χ4n) is 0.901. The molecule has 0 radical (unpaired) electrons. The van der Waals surface area contributed by atoms with Gasteiger partial charge in [0.25, 0.3) is 0 Å². The van der Waals surface area contributed by atoms with Crippen LogP contribution in [0.15, 0.2) is 24.3 Å². The smallest absolute Gasteiger partial charge is 0.337 e. The lowest BCUT2D eigenvalue weighted by Crippen LogP contribution is -2.40. The molecule has 4 heteroatoms. The molecule has 4 nitrogen and oxygen atoms in total. The number of ether oxygens (including phenoxy) is 1. The number of hydrogen-bond acceptors (Lipinski definition) is 4. The lowest BCUT2D eigenvalue weighted by Gasteiger charge is -2.10. The Kier molecular flexibility index (Phi) is 3.62. The van der Waals surface area contributed by atoms with Gasteiger partial charge in [-0.2, -0.15) is 0 Å². The van der Waals surface area contributed by atoms with Gasteiger partial charge in [-0.05, 0) is 18.1 Å². The Labute approximate surface area is 82.8 Å². The highest BCUT2D eigenvalue weighted by molar-refractivity contribution is 5.75. The first kappa shape index (κ1) is 10.7. The van der Waals surface area contributed by atoms with Crippen molar-refractivity contribution in [3.05, 3.63) is 24.3 Å². The van der Waals surface area contributed by atoms with E-state index in [2.05, 4.69) is 29.0 Å². The van der Waals surface area contributed by atoms with Crippen molar-refractivity contribution < 1.29 is 9.53 Å². The summed E-state index contributed by atoms with van der Waals surface area (Å²) in [6.45, 7) is 2.02. The Morgan fingerprint density at radius 3 is 1.79 bits per heavy atom. The highest BCUT2D eigenvalue weighted by atomic mass is 16.5. The summed E-state index contributed by atoms with van der Waals surface area (Å²) < 4.78 is 4.41. The molecule has 0 aromatic heterocycles.